The molecule has 1 heterocycles. The Hall–Kier alpha value is -2.82. The van der Waals surface area contributed by atoms with Gasteiger partial charge >= 0.3 is 0 Å². The lowest BCUT2D eigenvalue weighted by Gasteiger charge is -2.16. The van der Waals surface area contributed by atoms with Crippen LogP contribution in [0.25, 0.3) is 0 Å². The maximum Gasteiger partial charge on any atom is 0.253 e. The van der Waals surface area contributed by atoms with E-state index in [1.165, 1.54) is 0 Å². The van der Waals surface area contributed by atoms with Gasteiger partial charge in [-0.15, -0.1) is 0 Å². The highest BCUT2D eigenvalue weighted by Crippen LogP contribution is 2.16. The number of nitrogens with one attached hydrogen (secondary N) is 2. The van der Waals surface area contributed by atoms with Crippen molar-refractivity contribution in [1.82, 2.24) is 4.90 Å². The van der Waals surface area contributed by atoms with E-state index >= 15 is 0 Å². The molecular weight excluding hydrogens is 314 g/mol. The van der Waals surface area contributed by atoms with Crippen molar-refractivity contribution in [2.45, 2.75) is 19.8 Å². The van der Waals surface area contributed by atoms with E-state index in [-0.39, 0.29) is 18.4 Å². The lowest BCUT2D eigenvalue weighted by atomic mass is 10.1. The zero-order valence-corrected chi connectivity index (χ0v) is 14.4. The number of hydrogen-bond acceptors (Lipinski definition) is 3. The first-order valence-corrected chi connectivity index (χ1v) is 8.61. The van der Waals surface area contributed by atoms with Gasteiger partial charge in [-0.2, -0.15) is 0 Å². The molecule has 1 aliphatic rings. The Kier molecular flexibility index (Phi) is 5.33. The summed E-state index contributed by atoms with van der Waals surface area (Å²) >= 11 is 0. The largest absolute Gasteiger partial charge is 0.376 e. The summed E-state index contributed by atoms with van der Waals surface area (Å²) in [6.45, 7) is 3.79. The third-order valence-corrected chi connectivity index (χ3v) is 4.26. The molecule has 0 aliphatic carbocycles. The van der Waals surface area contributed by atoms with Crippen molar-refractivity contribution >= 4 is 23.2 Å². The van der Waals surface area contributed by atoms with E-state index in [4.69, 9.17) is 0 Å². The fourth-order valence-electron chi connectivity index (χ4n) is 2.98. The highest BCUT2D eigenvalue weighted by atomic mass is 16.2. The van der Waals surface area contributed by atoms with Crippen LogP contribution in [0.4, 0.5) is 11.4 Å². The second kappa shape index (κ2) is 7.83. The number of nitrogens with zero attached hydrogens (tertiary/aromatic N) is 1. The molecule has 1 aliphatic heterocycles. The maximum absolute atomic E-state index is 12.4. The fourth-order valence-corrected chi connectivity index (χ4v) is 2.98. The van der Waals surface area contributed by atoms with Gasteiger partial charge in [0.25, 0.3) is 5.91 Å². The van der Waals surface area contributed by atoms with Crippen LogP contribution in [-0.2, 0) is 4.79 Å². The van der Waals surface area contributed by atoms with E-state index in [1.807, 2.05) is 54.3 Å². The van der Waals surface area contributed by atoms with Gasteiger partial charge in [0.2, 0.25) is 5.91 Å². The molecule has 2 N–H and O–H groups in total. The van der Waals surface area contributed by atoms with Gasteiger partial charge in [0, 0.05) is 30.0 Å². The van der Waals surface area contributed by atoms with Crippen molar-refractivity contribution in [2.24, 2.45) is 0 Å². The second-order valence-corrected chi connectivity index (χ2v) is 6.35. The van der Waals surface area contributed by atoms with Crippen molar-refractivity contribution in [2.75, 3.05) is 30.3 Å². The van der Waals surface area contributed by atoms with Gasteiger partial charge in [-0.05, 0) is 55.7 Å². The molecule has 0 bridgehead atoms. The molecule has 5 nitrogen and oxygen atoms in total. The fraction of sp³-hybridized carbons (Fsp3) is 0.300. The van der Waals surface area contributed by atoms with E-state index in [0.29, 0.717) is 5.56 Å². The number of likely N-dealkylation sites (tertiary alicyclic amines) is 1. The summed E-state index contributed by atoms with van der Waals surface area (Å²) < 4.78 is 0. The highest BCUT2D eigenvalue weighted by Gasteiger charge is 2.19. The maximum atomic E-state index is 12.4. The zero-order chi connectivity index (χ0) is 17.6. The van der Waals surface area contributed by atoms with Gasteiger partial charge < -0.3 is 15.5 Å². The van der Waals surface area contributed by atoms with Crippen LogP contribution in [0, 0.1) is 6.92 Å². The van der Waals surface area contributed by atoms with Crippen LogP contribution < -0.4 is 10.6 Å². The molecule has 0 aromatic heterocycles. The van der Waals surface area contributed by atoms with E-state index in [2.05, 4.69) is 10.6 Å². The number of anilines is 2. The van der Waals surface area contributed by atoms with E-state index < -0.39 is 0 Å². The first-order chi connectivity index (χ1) is 12.1. The Morgan fingerprint density at radius 2 is 1.72 bits per heavy atom. The van der Waals surface area contributed by atoms with Crippen molar-refractivity contribution in [1.29, 1.82) is 0 Å². The first-order valence-electron chi connectivity index (χ1n) is 8.61. The van der Waals surface area contributed by atoms with Gasteiger partial charge in [0.15, 0.2) is 0 Å². The lowest BCUT2D eigenvalue weighted by molar-refractivity contribution is -0.114. The summed E-state index contributed by atoms with van der Waals surface area (Å²) in [4.78, 5) is 26.4. The Morgan fingerprint density at radius 3 is 2.48 bits per heavy atom. The van der Waals surface area contributed by atoms with Gasteiger partial charge in [-0.1, -0.05) is 18.2 Å². The van der Waals surface area contributed by atoms with E-state index in [9.17, 15) is 9.59 Å². The molecule has 0 spiro atoms. The number of hydrogen-bond donors (Lipinski definition) is 2. The molecule has 2 amide bonds. The van der Waals surface area contributed by atoms with E-state index in [0.717, 1.165) is 42.9 Å². The topological polar surface area (TPSA) is 61.4 Å². The van der Waals surface area contributed by atoms with Crippen molar-refractivity contribution < 1.29 is 9.59 Å². The second-order valence-electron chi connectivity index (χ2n) is 6.35. The summed E-state index contributed by atoms with van der Waals surface area (Å²) in [5.41, 5.74) is 3.30. The molecule has 5 heteroatoms. The normalized spacial score (nSPS) is 13.6. The summed E-state index contributed by atoms with van der Waals surface area (Å²) in [6.07, 6.45) is 2.14. The Balaban J connectivity index is 1.56. The molecule has 130 valence electrons. The third-order valence-electron chi connectivity index (χ3n) is 4.26. The predicted molar refractivity (Wildman–Crippen MR) is 99.9 cm³/mol. The monoisotopic (exact) mass is 337 g/mol. The molecule has 0 saturated carbocycles. The average molecular weight is 337 g/mol. The summed E-state index contributed by atoms with van der Waals surface area (Å²) in [5.74, 6) is -0.0627. The zero-order valence-electron chi connectivity index (χ0n) is 14.4. The van der Waals surface area contributed by atoms with Gasteiger partial charge in [-0.25, -0.2) is 0 Å². The van der Waals surface area contributed by atoms with Gasteiger partial charge in [0.1, 0.15) is 0 Å². The van der Waals surface area contributed by atoms with Crippen LogP contribution in [0.15, 0.2) is 48.5 Å². The summed E-state index contributed by atoms with van der Waals surface area (Å²) in [7, 11) is 0. The summed E-state index contributed by atoms with van der Waals surface area (Å²) in [6, 6.07) is 15.0. The van der Waals surface area contributed by atoms with Crippen LogP contribution in [0.3, 0.4) is 0 Å². The lowest BCUT2D eigenvalue weighted by Crippen LogP contribution is -2.27. The van der Waals surface area contributed by atoms with Gasteiger partial charge in [0.05, 0.1) is 6.54 Å². The summed E-state index contributed by atoms with van der Waals surface area (Å²) in [5, 5.41) is 5.94. The van der Waals surface area contributed by atoms with Crippen molar-refractivity contribution in [3.8, 4) is 0 Å². The number of carbonyl (C=O) groups is 2. The minimum atomic E-state index is -0.123. The minimum absolute atomic E-state index is 0.0605. The molecule has 2 aromatic carbocycles. The van der Waals surface area contributed by atoms with Crippen LogP contribution in [0.5, 0.6) is 0 Å². The standard InChI is InChI=1S/C20H23N3O2/c1-15-6-4-9-18(12-15)22-19(24)14-21-17-8-5-7-16(13-17)20(25)23-10-2-3-11-23/h4-9,12-13,21H,2-3,10-11,14H2,1H3,(H,22,24). The molecule has 0 unspecified atom stereocenters. The van der Waals surface area contributed by atoms with Crippen LogP contribution in [0.1, 0.15) is 28.8 Å². The molecule has 0 radical (unpaired) electrons. The Morgan fingerprint density at radius 1 is 1.00 bits per heavy atom. The first kappa shape index (κ1) is 17.0. The van der Waals surface area contributed by atoms with E-state index in [1.54, 1.807) is 6.07 Å². The van der Waals surface area contributed by atoms with Crippen LogP contribution in [0.2, 0.25) is 0 Å². The molecular formula is C20H23N3O2. The number of carbonyl (C=O) groups excluding carboxylic acids is 2. The molecule has 25 heavy (non-hydrogen) atoms. The molecule has 0 atom stereocenters. The van der Waals surface area contributed by atoms with Crippen LogP contribution >= 0.6 is 0 Å². The number of benzene rings is 2. The third kappa shape index (κ3) is 4.59. The average Bonchev–Trinajstić information content (AvgIpc) is 3.14. The highest BCUT2D eigenvalue weighted by molar-refractivity contribution is 5.96. The molecule has 3 rings (SSSR count). The SMILES string of the molecule is Cc1cccc(NC(=O)CNc2cccc(C(=O)N3CCCC3)c2)c1. The Bertz CT molecular complexity index is 767. The minimum Gasteiger partial charge on any atom is -0.376 e. The number of rotatable bonds is 5. The number of aryl methyl sites for hydroxylation is 1. The predicted octanol–water partition coefficient (Wildman–Crippen LogP) is 3.28. The quantitative estimate of drug-likeness (QED) is 0.880. The van der Waals surface area contributed by atoms with Gasteiger partial charge in [-0.3, -0.25) is 9.59 Å². The Labute approximate surface area is 148 Å². The van der Waals surface area contributed by atoms with Crippen molar-refractivity contribution in [3.05, 3.63) is 59.7 Å². The molecule has 1 saturated heterocycles. The number of amides is 2. The molecule has 2 aromatic rings. The van der Waals surface area contributed by atoms with Crippen LogP contribution in [-0.4, -0.2) is 36.3 Å². The molecule has 1 fully saturated rings. The smallest absolute Gasteiger partial charge is 0.253 e. The van der Waals surface area contributed by atoms with Crippen molar-refractivity contribution in [3.63, 3.8) is 0 Å².